The molecule has 0 fully saturated rings. The van der Waals surface area contributed by atoms with Crippen LogP contribution in [0.1, 0.15) is 17.5 Å². The number of nitrogens with zero attached hydrogens (tertiary/aromatic N) is 4. The van der Waals surface area contributed by atoms with Crippen molar-refractivity contribution in [1.82, 2.24) is 19.1 Å². The maximum atomic E-state index is 5.41. The molecule has 0 radical (unpaired) electrons. The summed E-state index contributed by atoms with van der Waals surface area (Å²) in [5.41, 5.74) is 16.4. The Morgan fingerprint density at radius 2 is 0.968 bits per heavy atom. The van der Waals surface area contributed by atoms with Crippen LogP contribution in [0.15, 0.2) is 200 Å². The lowest BCUT2D eigenvalue weighted by atomic mass is 9.85. The summed E-state index contributed by atoms with van der Waals surface area (Å²) in [5, 5.41) is 8.31. The zero-order valence-electron chi connectivity index (χ0n) is 33.8. The molecule has 4 nitrogen and oxygen atoms in total. The van der Waals surface area contributed by atoms with Crippen molar-refractivity contribution < 1.29 is 0 Å². The zero-order chi connectivity index (χ0) is 40.7. The average molecular weight is 791 g/mol. The maximum absolute atomic E-state index is 5.41. The van der Waals surface area contributed by atoms with E-state index in [1.165, 1.54) is 76.7 Å². The number of rotatable bonds is 5. The Morgan fingerprint density at radius 3 is 1.71 bits per heavy atom. The molecule has 0 unspecified atom stereocenters. The summed E-state index contributed by atoms with van der Waals surface area (Å²) in [7, 11) is 0. The highest BCUT2D eigenvalue weighted by Crippen LogP contribution is 2.47. The van der Waals surface area contributed by atoms with E-state index >= 15 is 0 Å². The van der Waals surface area contributed by atoms with Gasteiger partial charge in [0, 0.05) is 49.1 Å². The summed E-state index contributed by atoms with van der Waals surface area (Å²) in [6.45, 7) is 0. The standard InChI is InChI=1S/C58H38N4/c1-3-17-37(18-4-1)38-31-33-40(34-32-38)61-53-29-15-12-23-43(53)50-35-48(41-21-7-9-25-45(41)56(50)61)49-36-51-44-24-13-16-30-54(44)62(57(51)46-26-10-8-22-42(46)49)58-59-52-28-14-11-27-47(52)55(60-58)39-19-5-2-6-20-39/h1-6,8-20,22-36H,7,21H2. The van der Waals surface area contributed by atoms with Crippen molar-refractivity contribution in [3.05, 3.63) is 211 Å². The molecule has 3 heterocycles. The second kappa shape index (κ2) is 13.7. The average Bonchev–Trinajstić information content (AvgIpc) is 3.87. The lowest BCUT2D eigenvalue weighted by Crippen LogP contribution is -2.04. The molecule has 4 heteroatoms. The topological polar surface area (TPSA) is 35.6 Å². The number of fused-ring (bicyclic) bond motifs is 11. The van der Waals surface area contributed by atoms with E-state index in [4.69, 9.17) is 9.97 Å². The minimum atomic E-state index is 0.667. The Bertz CT molecular complexity index is 3780. The van der Waals surface area contributed by atoms with Crippen molar-refractivity contribution in [3.63, 3.8) is 0 Å². The largest absolute Gasteiger partial charge is 0.309 e. The number of para-hydroxylation sites is 3. The molecule has 0 atom stereocenters. The predicted octanol–water partition coefficient (Wildman–Crippen LogP) is 14.9. The lowest BCUT2D eigenvalue weighted by Gasteiger charge is -2.21. The first-order valence-corrected chi connectivity index (χ1v) is 21.5. The van der Waals surface area contributed by atoms with Crippen LogP contribution in [0, 0.1) is 0 Å². The van der Waals surface area contributed by atoms with Crippen LogP contribution in [0.25, 0.3) is 117 Å². The van der Waals surface area contributed by atoms with Gasteiger partial charge in [-0.2, -0.15) is 0 Å². The van der Waals surface area contributed by atoms with Gasteiger partial charge in [0.1, 0.15) is 0 Å². The van der Waals surface area contributed by atoms with Crippen LogP contribution in [-0.4, -0.2) is 19.1 Å². The predicted molar refractivity (Wildman–Crippen MR) is 259 cm³/mol. The van der Waals surface area contributed by atoms with Crippen LogP contribution >= 0.6 is 0 Å². The molecular weight excluding hydrogens is 753 g/mol. The Kier molecular flexibility index (Phi) is 7.70. The van der Waals surface area contributed by atoms with Crippen LogP contribution < -0.4 is 0 Å². The first-order valence-electron chi connectivity index (χ1n) is 21.5. The molecule has 0 saturated heterocycles. The van der Waals surface area contributed by atoms with Crippen LogP contribution in [0.5, 0.6) is 0 Å². The molecule has 3 aromatic heterocycles. The fraction of sp³-hybridized carbons (Fsp3) is 0.0345. The van der Waals surface area contributed by atoms with Gasteiger partial charge in [-0.1, -0.05) is 164 Å². The van der Waals surface area contributed by atoms with Gasteiger partial charge in [0.05, 0.1) is 33.3 Å². The Labute approximate surface area is 358 Å². The molecule has 0 aliphatic heterocycles. The van der Waals surface area contributed by atoms with Crippen molar-refractivity contribution in [2.24, 2.45) is 0 Å². The summed E-state index contributed by atoms with van der Waals surface area (Å²) >= 11 is 0. The fourth-order valence-corrected chi connectivity index (χ4v) is 10.2. The Balaban J connectivity index is 1.09. The fourth-order valence-electron chi connectivity index (χ4n) is 10.2. The molecule has 12 aromatic rings. The van der Waals surface area contributed by atoms with Gasteiger partial charge in [-0.15, -0.1) is 0 Å². The maximum Gasteiger partial charge on any atom is 0.235 e. The highest BCUT2D eigenvalue weighted by atomic mass is 15.2. The molecule has 1 aliphatic carbocycles. The zero-order valence-corrected chi connectivity index (χ0v) is 33.8. The molecule has 0 spiro atoms. The SMILES string of the molecule is C1=Cc2c(c(-c3cc4c5ccccc5n(-c5nc(-c6ccccc6)c6ccccc6n5)c4c4ccccc34)cc3c4ccccc4n(-c4ccc(-c5ccccc5)cc4)c23)CC1. The van der Waals surface area contributed by atoms with Crippen LogP contribution in [0.4, 0.5) is 0 Å². The number of aromatic nitrogens is 4. The van der Waals surface area contributed by atoms with Gasteiger partial charge in [0.25, 0.3) is 0 Å². The molecular formula is C58H38N4. The van der Waals surface area contributed by atoms with Gasteiger partial charge < -0.3 is 4.57 Å². The van der Waals surface area contributed by atoms with E-state index < -0.39 is 0 Å². The number of hydrogen-bond acceptors (Lipinski definition) is 2. The molecule has 0 bridgehead atoms. The van der Waals surface area contributed by atoms with Crippen LogP contribution in [0.2, 0.25) is 0 Å². The summed E-state index contributed by atoms with van der Waals surface area (Å²) in [5.74, 6) is 0.667. The highest BCUT2D eigenvalue weighted by molar-refractivity contribution is 6.23. The van der Waals surface area contributed by atoms with Gasteiger partial charge in [-0.3, -0.25) is 4.57 Å². The monoisotopic (exact) mass is 790 g/mol. The second-order valence-corrected chi connectivity index (χ2v) is 16.4. The Morgan fingerprint density at radius 1 is 0.403 bits per heavy atom. The lowest BCUT2D eigenvalue weighted by molar-refractivity contribution is 0.988. The minimum Gasteiger partial charge on any atom is -0.309 e. The van der Waals surface area contributed by atoms with E-state index in [1.807, 2.05) is 0 Å². The number of benzene rings is 9. The quantitative estimate of drug-likeness (QED) is 0.174. The summed E-state index contributed by atoms with van der Waals surface area (Å²) in [4.78, 5) is 10.7. The molecule has 290 valence electrons. The molecule has 9 aromatic carbocycles. The van der Waals surface area contributed by atoms with E-state index in [-0.39, 0.29) is 0 Å². The van der Waals surface area contributed by atoms with Crippen LogP contribution in [0.3, 0.4) is 0 Å². The van der Waals surface area contributed by atoms with Crippen molar-refractivity contribution in [3.8, 4) is 45.1 Å². The number of allylic oxidation sites excluding steroid dienone is 1. The second-order valence-electron chi connectivity index (χ2n) is 16.4. The van der Waals surface area contributed by atoms with Crippen LogP contribution in [-0.2, 0) is 6.42 Å². The van der Waals surface area contributed by atoms with E-state index in [0.717, 1.165) is 51.7 Å². The summed E-state index contributed by atoms with van der Waals surface area (Å²) < 4.78 is 4.79. The molecule has 0 N–H and O–H groups in total. The molecule has 62 heavy (non-hydrogen) atoms. The van der Waals surface area contributed by atoms with E-state index in [1.54, 1.807) is 0 Å². The van der Waals surface area contributed by atoms with Crippen molar-refractivity contribution >= 4 is 71.4 Å². The summed E-state index contributed by atoms with van der Waals surface area (Å²) in [6, 6.07) is 70.1. The minimum absolute atomic E-state index is 0.667. The Hall–Kier alpha value is -8.08. The van der Waals surface area contributed by atoms with Gasteiger partial charge >= 0.3 is 0 Å². The molecule has 13 rings (SSSR count). The molecule has 0 amide bonds. The van der Waals surface area contributed by atoms with Crippen molar-refractivity contribution in [1.29, 1.82) is 0 Å². The van der Waals surface area contributed by atoms with Crippen molar-refractivity contribution in [2.75, 3.05) is 0 Å². The van der Waals surface area contributed by atoms with E-state index in [9.17, 15) is 0 Å². The van der Waals surface area contributed by atoms with Gasteiger partial charge in [-0.05, 0) is 88.5 Å². The normalized spacial score (nSPS) is 12.6. The first-order chi connectivity index (χ1) is 30.8. The molecule has 1 aliphatic rings. The summed E-state index contributed by atoms with van der Waals surface area (Å²) in [6.07, 6.45) is 6.70. The van der Waals surface area contributed by atoms with Crippen molar-refractivity contribution in [2.45, 2.75) is 12.8 Å². The third kappa shape index (κ3) is 5.20. The highest BCUT2D eigenvalue weighted by Gasteiger charge is 2.25. The third-order valence-electron chi connectivity index (χ3n) is 13.0. The third-order valence-corrected chi connectivity index (χ3v) is 13.0. The number of hydrogen-bond donors (Lipinski definition) is 0. The van der Waals surface area contributed by atoms with Gasteiger partial charge in [0.2, 0.25) is 5.95 Å². The van der Waals surface area contributed by atoms with Gasteiger partial charge in [0.15, 0.2) is 0 Å². The molecule has 0 saturated carbocycles. The smallest absolute Gasteiger partial charge is 0.235 e. The first kappa shape index (κ1) is 34.8. The van der Waals surface area contributed by atoms with Gasteiger partial charge in [-0.25, -0.2) is 9.97 Å². The van der Waals surface area contributed by atoms with E-state index in [0.29, 0.717) is 5.95 Å². The van der Waals surface area contributed by atoms with E-state index in [2.05, 4.69) is 215 Å².